The molecule has 0 aromatic heterocycles. The van der Waals surface area contributed by atoms with Crippen molar-refractivity contribution in [3.63, 3.8) is 0 Å². The van der Waals surface area contributed by atoms with Crippen molar-refractivity contribution >= 4 is 41.1 Å². The number of likely N-dealkylation sites (tertiary alicyclic amines) is 1. The van der Waals surface area contributed by atoms with E-state index in [0.29, 0.717) is 31.0 Å². The monoisotopic (exact) mass is 407 g/mol. The topological polar surface area (TPSA) is 90.0 Å². The summed E-state index contributed by atoms with van der Waals surface area (Å²) in [7, 11) is 3.82. The maximum atomic E-state index is 12.4. The quantitative estimate of drug-likeness (QED) is 0.706. The first kappa shape index (κ1) is 21.8. The number of nitrogens with zero attached hydrogens (tertiary/aromatic N) is 2. The molecule has 28 heavy (non-hydrogen) atoms. The van der Waals surface area contributed by atoms with Gasteiger partial charge in [0.05, 0.1) is 10.7 Å². The van der Waals surface area contributed by atoms with E-state index in [1.165, 1.54) is 13.0 Å². The number of anilines is 1. The van der Waals surface area contributed by atoms with Crippen LogP contribution in [0.15, 0.2) is 24.3 Å². The SMILES string of the molecule is CC(NC(=O)C1CCN(C(=O)C=Cc2ccc(N(C)C)c(Cl)c2)CC1)C(=O)O. The van der Waals surface area contributed by atoms with Gasteiger partial charge in [0, 0.05) is 39.2 Å². The molecule has 152 valence electrons. The van der Waals surface area contributed by atoms with Crippen LogP contribution in [0.4, 0.5) is 5.69 Å². The summed E-state index contributed by atoms with van der Waals surface area (Å²) in [6.07, 6.45) is 4.26. The summed E-state index contributed by atoms with van der Waals surface area (Å²) in [4.78, 5) is 38.9. The highest BCUT2D eigenvalue weighted by Gasteiger charge is 2.28. The molecule has 7 nitrogen and oxygen atoms in total. The van der Waals surface area contributed by atoms with Gasteiger partial charge >= 0.3 is 5.97 Å². The van der Waals surface area contributed by atoms with Gasteiger partial charge in [0.15, 0.2) is 0 Å². The predicted octanol–water partition coefficient (Wildman–Crippen LogP) is 2.25. The zero-order chi connectivity index (χ0) is 20.8. The first-order valence-electron chi connectivity index (χ1n) is 9.16. The molecule has 1 aliphatic rings. The van der Waals surface area contributed by atoms with Crippen molar-refractivity contribution in [1.82, 2.24) is 10.2 Å². The van der Waals surface area contributed by atoms with Crippen molar-refractivity contribution in [2.75, 3.05) is 32.1 Å². The van der Waals surface area contributed by atoms with Crippen LogP contribution in [0, 0.1) is 5.92 Å². The second-order valence-electron chi connectivity index (χ2n) is 7.11. The van der Waals surface area contributed by atoms with Gasteiger partial charge in [0.1, 0.15) is 6.04 Å². The van der Waals surface area contributed by atoms with E-state index in [1.807, 2.05) is 31.1 Å². The Morgan fingerprint density at radius 2 is 1.93 bits per heavy atom. The van der Waals surface area contributed by atoms with Crippen molar-refractivity contribution in [1.29, 1.82) is 0 Å². The zero-order valence-corrected chi connectivity index (χ0v) is 17.1. The number of carboxylic acid groups (broad SMARTS) is 1. The van der Waals surface area contributed by atoms with E-state index >= 15 is 0 Å². The molecule has 1 heterocycles. The van der Waals surface area contributed by atoms with E-state index in [4.69, 9.17) is 16.7 Å². The van der Waals surface area contributed by atoms with Crippen molar-refractivity contribution in [3.8, 4) is 0 Å². The summed E-state index contributed by atoms with van der Waals surface area (Å²) in [5.74, 6) is -1.73. The lowest BCUT2D eigenvalue weighted by molar-refractivity contribution is -0.142. The second kappa shape index (κ2) is 9.59. The molecule has 0 aliphatic carbocycles. The van der Waals surface area contributed by atoms with E-state index in [2.05, 4.69) is 5.32 Å². The smallest absolute Gasteiger partial charge is 0.325 e. The fourth-order valence-corrected chi connectivity index (χ4v) is 3.38. The number of carboxylic acids is 1. The summed E-state index contributed by atoms with van der Waals surface area (Å²) in [6, 6.07) is 4.68. The summed E-state index contributed by atoms with van der Waals surface area (Å²) >= 11 is 6.24. The van der Waals surface area contributed by atoms with E-state index in [1.54, 1.807) is 17.0 Å². The van der Waals surface area contributed by atoms with Gasteiger partial charge in [0.25, 0.3) is 0 Å². The first-order valence-corrected chi connectivity index (χ1v) is 9.54. The molecule has 1 unspecified atom stereocenters. The molecule has 0 saturated carbocycles. The molecule has 0 radical (unpaired) electrons. The van der Waals surface area contributed by atoms with E-state index in [9.17, 15) is 14.4 Å². The number of rotatable bonds is 6. The highest BCUT2D eigenvalue weighted by atomic mass is 35.5. The van der Waals surface area contributed by atoms with Gasteiger partial charge in [-0.25, -0.2) is 0 Å². The zero-order valence-electron chi connectivity index (χ0n) is 16.3. The van der Waals surface area contributed by atoms with Crippen molar-refractivity contribution in [2.24, 2.45) is 5.92 Å². The van der Waals surface area contributed by atoms with Gasteiger partial charge in [-0.1, -0.05) is 17.7 Å². The van der Waals surface area contributed by atoms with Gasteiger partial charge in [-0.3, -0.25) is 14.4 Å². The predicted molar refractivity (Wildman–Crippen MR) is 109 cm³/mol. The maximum absolute atomic E-state index is 12.4. The standard InChI is InChI=1S/C20H26ClN3O4/c1-13(20(27)28)22-19(26)15-8-10-24(11-9-15)18(25)7-5-14-4-6-17(23(2)3)16(21)12-14/h4-7,12-13,15H,8-11H2,1-3H3,(H,22,26)(H,27,28). The van der Waals surface area contributed by atoms with Crippen LogP contribution in [0.3, 0.4) is 0 Å². The Balaban J connectivity index is 1.88. The lowest BCUT2D eigenvalue weighted by atomic mass is 9.95. The third-order valence-corrected chi connectivity index (χ3v) is 5.08. The van der Waals surface area contributed by atoms with Crippen LogP contribution < -0.4 is 10.2 Å². The van der Waals surface area contributed by atoms with Gasteiger partial charge in [-0.15, -0.1) is 0 Å². The Bertz CT molecular complexity index is 771. The molecular formula is C20H26ClN3O4. The summed E-state index contributed by atoms with van der Waals surface area (Å²) in [5.41, 5.74) is 1.74. The van der Waals surface area contributed by atoms with Crippen LogP contribution in [0.1, 0.15) is 25.3 Å². The molecule has 2 rings (SSSR count). The molecule has 1 saturated heterocycles. The minimum absolute atomic E-state index is 0.120. The highest BCUT2D eigenvalue weighted by Crippen LogP contribution is 2.26. The van der Waals surface area contributed by atoms with E-state index in [-0.39, 0.29) is 17.7 Å². The number of nitrogens with one attached hydrogen (secondary N) is 1. The number of amides is 2. The normalized spacial score (nSPS) is 16.1. The Labute approximate surface area is 169 Å². The Morgan fingerprint density at radius 1 is 1.29 bits per heavy atom. The number of hydrogen-bond donors (Lipinski definition) is 2. The summed E-state index contributed by atoms with van der Waals surface area (Å²) < 4.78 is 0. The minimum atomic E-state index is -1.06. The second-order valence-corrected chi connectivity index (χ2v) is 7.51. The lowest BCUT2D eigenvalue weighted by Crippen LogP contribution is -2.46. The average molecular weight is 408 g/mol. The molecule has 1 atom stereocenters. The maximum Gasteiger partial charge on any atom is 0.325 e. The molecule has 1 aromatic carbocycles. The Morgan fingerprint density at radius 3 is 2.46 bits per heavy atom. The van der Waals surface area contributed by atoms with Crippen molar-refractivity contribution in [3.05, 3.63) is 34.9 Å². The molecule has 1 fully saturated rings. The number of piperidine rings is 1. The van der Waals surface area contributed by atoms with Gasteiger partial charge in [-0.2, -0.15) is 0 Å². The largest absolute Gasteiger partial charge is 0.480 e. The average Bonchev–Trinajstić information content (AvgIpc) is 2.65. The van der Waals surface area contributed by atoms with Gasteiger partial charge in [-0.05, 0) is 43.5 Å². The lowest BCUT2D eigenvalue weighted by Gasteiger charge is -2.31. The molecule has 2 amide bonds. The van der Waals surface area contributed by atoms with Crippen LogP contribution in [-0.4, -0.2) is 61.0 Å². The molecule has 1 aliphatic heterocycles. The number of aliphatic carboxylic acids is 1. The van der Waals surface area contributed by atoms with Gasteiger partial charge in [0.2, 0.25) is 11.8 Å². The molecular weight excluding hydrogens is 382 g/mol. The van der Waals surface area contributed by atoms with Crippen molar-refractivity contribution < 1.29 is 19.5 Å². The number of benzene rings is 1. The Hall–Kier alpha value is -2.54. The highest BCUT2D eigenvalue weighted by molar-refractivity contribution is 6.33. The van der Waals surface area contributed by atoms with Crippen LogP contribution in [0.5, 0.6) is 0 Å². The summed E-state index contributed by atoms with van der Waals surface area (Å²) in [5, 5.41) is 12.0. The number of hydrogen-bond acceptors (Lipinski definition) is 4. The molecule has 1 aromatic rings. The molecule has 2 N–H and O–H groups in total. The number of carbonyl (C=O) groups excluding carboxylic acids is 2. The minimum Gasteiger partial charge on any atom is -0.480 e. The first-order chi connectivity index (χ1) is 13.2. The van der Waals surface area contributed by atoms with Crippen LogP contribution >= 0.6 is 11.6 Å². The molecule has 0 spiro atoms. The van der Waals surface area contributed by atoms with Crippen LogP contribution in [0.2, 0.25) is 5.02 Å². The summed E-state index contributed by atoms with van der Waals surface area (Å²) in [6.45, 7) is 2.35. The fourth-order valence-electron chi connectivity index (χ4n) is 3.02. The third kappa shape index (κ3) is 5.73. The Kier molecular flexibility index (Phi) is 7.45. The molecule has 8 heteroatoms. The van der Waals surface area contributed by atoms with E-state index in [0.717, 1.165) is 11.3 Å². The van der Waals surface area contributed by atoms with Gasteiger partial charge < -0.3 is 20.2 Å². The number of halogens is 1. The third-order valence-electron chi connectivity index (χ3n) is 4.78. The molecule has 0 bridgehead atoms. The fraction of sp³-hybridized carbons (Fsp3) is 0.450. The van der Waals surface area contributed by atoms with E-state index < -0.39 is 12.0 Å². The van der Waals surface area contributed by atoms with Crippen molar-refractivity contribution in [2.45, 2.75) is 25.8 Å². The van der Waals surface area contributed by atoms with Crippen LogP contribution in [0.25, 0.3) is 6.08 Å². The van der Waals surface area contributed by atoms with Crippen LogP contribution in [-0.2, 0) is 14.4 Å². The number of carbonyl (C=O) groups is 3.